The van der Waals surface area contributed by atoms with Gasteiger partial charge < -0.3 is 15.4 Å². The molecule has 2 fully saturated rings. The summed E-state index contributed by atoms with van der Waals surface area (Å²) < 4.78 is 37.7. The predicted octanol–water partition coefficient (Wildman–Crippen LogP) is -1.44. The zero-order valence-corrected chi connectivity index (χ0v) is 18.0. The monoisotopic (exact) mass is 506 g/mol. The third-order valence-corrected chi connectivity index (χ3v) is 7.03. The molecule has 16 heteroatoms. The Kier molecular flexibility index (Phi) is 7.70. The standard InChI is InChI=1S/C17H18N6O7S2.Na.H/c18-16-19-17(21-20-16)31-12(15(26)30-8-9-4-2-1-3-5-9)14(25)22-7-6-10-11(22)13(24)23(10)32(27,28)29;;/h1-5,10-12H,6-8H2,(H,27,28,29)(H3,18,19,20,21);;/t10-,11+,12?;;/m1../s1. The Morgan fingerprint density at radius 1 is 1.33 bits per heavy atom. The topological polar surface area (TPSA) is 189 Å². The molecule has 1 aromatic heterocycles. The van der Waals surface area contributed by atoms with Gasteiger partial charge in [0.25, 0.3) is 5.91 Å². The maximum absolute atomic E-state index is 13.2. The number of aromatic amines is 1. The summed E-state index contributed by atoms with van der Waals surface area (Å²) in [5.74, 6) is -2.65. The first kappa shape index (κ1) is 25.5. The van der Waals surface area contributed by atoms with Gasteiger partial charge in [0.1, 0.15) is 12.6 Å². The van der Waals surface area contributed by atoms with E-state index in [1.165, 1.54) is 0 Å². The van der Waals surface area contributed by atoms with Gasteiger partial charge in [-0.3, -0.25) is 24.0 Å². The van der Waals surface area contributed by atoms with Crippen LogP contribution in [-0.2, 0) is 36.0 Å². The molecule has 0 bridgehead atoms. The van der Waals surface area contributed by atoms with E-state index in [4.69, 9.17) is 10.5 Å². The van der Waals surface area contributed by atoms with Crippen molar-refractivity contribution in [2.75, 3.05) is 12.3 Å². The molecule has 0 spiro atoms. The second kappa shape index (κ2) is 9.99. The van der Waals surface area contributed by atoms with Gasteiger partial charge in [0.15, 0.2) is 10.4 Å². The van der Waals surface area contributed by atoms with Crippen LogP contribution in [0.1, 0.15) is 12.0 Å². The number of H-pyrrole nitrogens is 1. The normalized spacial score (nSPS) is 20.5. The van der Waals surface area contributed by atoms with Crippen molar-refractivity contribution in [2.45, 2.75) is 35.5 Å². The molecule has 1 unspecified atom stereocenters. The van der Waals surface area contributed by atoms with Crippen molar-refractivity contribution in [1.82, 2.24) is 24.4 Å². The van der Waals surface area contributed by atoms with Crippen LogP contribution >= 0.6 is 11.8 Å². The zero-order chi connectivity index (χ0) is 23.0. The number of esters is 1. The third-order valence-electron chi connectivity index (χ3n) is 5.04. The molecular weight excluding hydrogens is 487 g/mol. The minimum absolute atomic E-state index is 0. The van der Waals surface area contributed by atoms with Gasteiger partial charge in [0.05, 0.1) is 6.04 Å². The van der Waals surface area contributed by atoms with Gasteiger partial charge >= 0.3 is 45.8 Å². The molecule has 4 N–H and O–H groups in total. The summed E-state index contributed by atoms with van der Waals surface area (Å²) in [6.45, 7) is -0.0580. The van der Waals surface area contributed by atoms with Gasteiger partial charge in [0.2, 0.25) is 11.9 Å². The number of nitrogen functional groups attached to an aromatic ring is 1. The van der Waals surface area contributed by atoms with Crippen LogP contribution in [0.15, 0.2) is 35.5 Å². The fourth-order valence-electron chi connectivity index (χ4n) is 3.64. The van der Waals surface area contributed by atoms with Crippen molar-refractivity contribution in [2.24, 2.45) is 0 Å². The molecule has 2 aromatic rings. The number of rotatable bonds is 7. The Bertz CT molecular complexity index is 1160. The number of likely N-dealkylation sites (tertiary alicyclic amines) is 1. The fraction of sp³-hybridized carbons (Fsp3) is 0.353. The molecule has 13 nitrogen and oxygen atoms in total. The van der Waals surface area contributed by atoms with Crippen LogP contribution < -0.4 is 5.73 Å². The van der Waals surface area contributed by atoms with E-state index in [2.05, 4.69) is 15.2 Å². The molecule has 2 saturated heterocycles. The van der Waals surface area contributed by atoms with E-state index < -0.39 is 45.4 Å². The molecule has 0 radical (unpaired) electrons. The number of carbonyl (C=O) groups is 3. The summed E-state index contributed by atoms with van der Waals surface area (Å²) in [5.41, 5.74) is 6.19. The molecule has 172 valence electrons. The Hall–Kier alpha value is -2.17. The number of ether oxygens (including phenoxy) is 1. The van der Waals surface area contributed by atoms with Crippen LogP contribution in [0.25, 0.3) is 0 Å². The average molecular weight is 506 g/mol. The molecule has 2 aliphatic heterocycles. The molecule has 3 atom stereocenters. The Labute approximate surface area is 214 Å². The molecule has 33 heavy (non-hydrogen) atoms. The van der Waals surface area contributed by atoms with E-state index in [1.807, 2.05) is 0 Å². The SMILES string of the molecule is Nc1n[nH]c(SC(C(=O)OCc2ccccc2)C(=O)N2CC[C@@H]3[C@H]2C(=O)N3S(=O)(=O)O)n1.[NaH]. The van der Waals surface area contributed by atoms with E-state index in [-0.39, 0.29) is 60.2 Å². The average Bonchev–Trinajstić information content (AvgIpc) is 3.32. The first-order chi connectivity index (χ1) is 15.2. The number of nitrogens with two attached hydrogens (primary N) is 1. The molecular formula is C17H19N6NaO7S2. The van der Waals surface area contributed by atoms with Crippen LogP contribution in [0.2, 0.25) is 0 Å². The van der Waals surface area contributed by atoms with Crippen molar-refractivity contribution in [3.63, 3.8) is 0 Å². The Morgan fingerprint density at radius 2 is 2.03 bits per heavy atom. The number of nitrogens with zero attached hydrogens (tertiary/aromatic N) is 4. The summed E-state index contributed by atoms with van der Waals surface area (Å²) in [6, 6.07) is 6.86. The molecule has 1 aromatic carbocycles. The Morgan fingerprint density at radius 3 is 2.64 bits per heavy atom. The summed E-state index contributed by atoms with van der Waals surface area (Å²) in [5, 5.41) is 4.79. The molecule has 4 rings (SSSR count). The van der Waals surface area contributed by atoms with Crippen molar-refractivity contribution >= 4 is 75.4 Å². The van der Waals surface area contributed by atoms with Gasteiger partial charge in [-0.2, -0.15) is 13.4 Å². The van der Waals surface area contributed by atoms with E-state index in [0.29, 0.717) is 21.6 Å². The van der Waals surface area contributed by atoms with Crippen molar-refractivity contribution < 1.29 is 32.1 Å². The third kappa shape index (κ3) is 5.17. The van der Waals surface area contributed by atoms with Gasteiger partial charge in [-0.15, -0.1) is 5.10 Å². The van der Waals surface area contributed by atoms with Gasteiger partial charge in [-0.05, 0) is 12.0 Å². The number of fused-ring (bicyclic) bond motifs is 1. The fourth-order valence-corrected chi connectivity index (χ4v) is 5.41. The molecule has 2 amide bonds. The van der Waals surface area contributed by atoms with Crippen molar-refractivity contribution in [3.05, 3.63) is 35.9 Å². The number of nitrogens with one attached hydrogen (secondary N) is 1. The number of thioether (sulfide) groups is 1. The van der Waals surface area contributed by atoms with Crippen molar-refractivity contribution in [3.8, 4) is 0 Å². The number of hydrogen-bond donors (Lipinski definition) is 3. The number of aromatic nitrogens is 3. The molecule has 0 aliphatic carbocycles. The van der Waals surface area contributed by atoms with E-state index in [0.717, 1.165) is 4.90 Å². The van der Waals surface area contributed by atoms with E-state index in [9.17, 15) is 27.4 Å². The van der Waals surface area contributed by atoms with Gasteiger partial charge in [-0.1, -0.05) is 42.1 Å². The summed E-state index contributed by atoms with van der Waals surface area (Å²) in [6.07, 6.45) is 0.133. The number of carbonyl (C=O) groups excluding carboxylic acids is 3. The Balaban J connectivity index is 0.00000306. The number of hydrogen-bond acceptors (Lipinski definition) is 10. The minimum atomic E-state index is -4.73. The summed E-state index contributed by atoms with van der Waals surface area (Å²) in [7, 11) is -4.73. The van der Waals surface area contributed by atoms with Crippen LogP contribution in [-0.4, -0.2) is 109 Å². The summed E-state index contributed by atoms with van der Waals surface area (Å²) >= 11 is 0.715. The van der Waals surface area contributed by atoms with Crippen LogP contribution in [0.5, 0.6) is 0 Å². The zero-order valence-electron chi connectivity index (χ0n) is 16.3. The van der Waals surface area contributed by atoms with Crippen LogP contribution in [0.3, 0.4) is 0 Å². The number of β-lactam (4-membered cyclic amide) rings is 1. The van der Waals surface area contributed by atoms with Crippen LogP contribution in [0.4, 0.5) is 5.95 Å². The number of amides is 2. The van der Waals surface area contributed by atoms with E-state index >= 15 is 0 Å². The van der Waals surface area contributed by atoms with Gasteiger partial charge in [-0.25, -0.2) is 4.31 Å². The molecule has 0 saturated carbocycles. The van der Waals surface area contributed by atoms with Crippen molar-refractivity contribution in [1.29, 1.82) is 0 Å². The predicted molar refractivity (Wildman–Crippen MR) is 116 cm³/mol. The molecule has 2 aliphatic rings. The number of anilines is 1. The second-order valence-electron chi connectivity index (χ2n) is 7.03. The molecule has 3 heterocycles. The quantitative estimate of drug-likeness (QED) is 0.0995. The number of benzene rings is 1. The second-order valence-corrected chi connectivity index (χ2v) is 9.42. The van der Waals surface area contributed by atoms with Crippen LogP contribution in [0, 0.1) is 0 Å². The van der Waals surface area contributed by atoms with Gasteiger partial charge in [0, 0.05) is 6.54 Å². The summed E-state index contributed by atoms with van der Waals surface area (Å²) in [4.78, 5) is 43.3. The first-order valence-electron chi connectivity index (χ1n) is 9.33. The van der Waals surface area contributed by atoms with E-state index in [1.54, 1.807) is 30.3 Å². The maximum atomic E-state index is 13.2. The first-order valence-corrected chi connectivity index (χ1v) is 11.6.